The van der Waals surface area contributed by atoms with Crippen LogP contribution in [0.15, 0.2) is 18.3 Å². The molecular formula is C7H11N3S. The molecule has 1 aromatic heterocycles. The van der Waals surface area contributed by atoms with Crippen molar-refractivity contribution in [2.24, 2.45) is 5.73 Å². The summed E-state index contributed by atoms with van der Waals surface area (Å²) >= 11 is 4.13. The van der Waals surface area contributed by atoms with E-state index in [4.69, 9.17) is 5.73 Å². The Morgan fingerprint density at radius 2 is 2.45 bits per heavy atom. The van der Waals surface area contributed by atoms with Gasteiger partial charge in [-0.3, -0.25) is 0 Å². The molecule has 0 unspecified atom stereocenters. The highest BCUT2D eigenvalue weighted by atomic mass is 32.1. The average Bonchev–Trinajstić information content (AvgIpc) is 2.04. The maximum absolute atomic E-state index is 5.49. The molecule has 0 aromatic carbocycles. The van der Waals surface area contributed by atoms with E-state index in [1.165, 1.54) is 0 Å². The van der Waals surface area contributed by atoms with E-state index in [0.717, 1.165) is 11.4 Å². The number of nitrogens with zero attached hydrogens (tertiary/aromatic N) is 2. The number of thiol groups is 1. The molecule has 11 heavy (non-hydrogen) atoms. The number of rotatable bonds is 2. The first-order chi connectivity index (χ1) is 5.25. The van der Waals surface area contributed by atoms with Gasteiger partial charge < -0.3 is 10.0 Å². The van der Waals surface area contributed by atoms with Gasteiger partial charge in [0.2, 0.25) is 0 Å². The lowest BCUT2D eigenvalue weighted by molar-refractivity contribution is 1.03. The normalized spacial score (nSPS) is 9.73. The van der Waals surface area contributed by atoms with Crippen LogP contribution >= 0.6 is 12.8 Å². The van der Waals surface area contributed by atoms with E-state index in [1.807, 2.05) is 19.2 Å². The van der Waals surface area contributed by atoms with Crippen molar-refractivity contribution in [3.05, 3.63) is 23.9 Å². The van der Waals surface area contributed by atoms with Crippen LogP contribution in [0.4, 0.5) is 5.82 Å². The molecule has 0 amide bonds. The third-order valence-corrected chi connectivity index (χ3v) is 1.58. The second kappa shape index (κ2) is 3.59. The standard InChI is InChI=1S/C7H11N3S/c1-10(11)7-6(5-8)3-2-4-9-7/h2-4,11H,5,8H2,1H3. The Hall–Kier alpha value is -0.740. The van der Waals surface area contributed by atoms with Crippen LogP contribution in [0.5, 0.6) is 0 Å². The fourth-order valence-electron chi connectivity index (χ4n) is 0.881. The van der Waals surface area contributed by atoms with E-state index in [1.54, 1.807) is 10.5 Å². The zero-order valence-electron chi connectivity index (χ0n) is 6.36. The van der Waals surface area contributed by atoms with Gasteiger partial charge in [0, 0.05) is 25.4 Å². The largest absolute Gasteiger partial charge is 0.326 e. The fourth-order valence-corrected chi connectivity index (χ4v) is 1.06. The molecule has 0 fully saturated rings. The van der Waals surface area contributed by atoms with Crippen LogP contribution in [-0.4, -0.2) is 12.0 Å². The summed E-state index contributed by atoms with van der Waals surface area (Å²) in [5.74, 6) is 0.818. The molecule has 0 spiro atoms. The molecule has 2 N–H and O–H groups in total. The van der Waals surface area contributed by atoms with Gasteiger partial charge in [0.1, 0.15) is 5.82 Å². The maximum atomic E-state index is 5.49. The number of hydrogen-bond acceptors (Lipinski definition) is 4. The Morgan fingerprint density at radius 1 is 1.73 bits per heavy atom. The first kappa shape index (κ1) is 8.36. The topological polar surface area (TPSA) is 42.2 Å². The van der Waals surface area contributed by atoms with Crippen molar-refractivity contribution in [3.63, 3.8) is 0 Å². The van der Waals surface area contributed by atoms with Gasteiger partial charge in [-0.2, -0.15) is 0 Å². The Bertz CT molecular complexity index is 237. The van der Waals surface area contributed by atoms with Crippen LogP contribution in [0.2, 0.25) is 0 Å². The van der Waals surface area contributed by atoms with Gasteiger partial charge >= 0.3 is 0 Å². The van der Waals surface area contributed by atoms with Gasteiger partial charge in [0.15, 0.2) is 0 Å². The Kier molecular flexibility index (Phi) is 2.73. The molecule has 3 nitrogen and oxygen atoms in total. The second-order valence-electron chi connectivity index (χ2n) is 2.21. The summed E-state index contributed by atoms with van der Waals surface area (Å²) in [7, 11) is 1.82. The minimum atomic E-state index is 0.494. The minimum Gasteiger partial charge on any atom is -0.326 e. The fraction of sp³-hybridized carbons (Fsp3) is 0.286. The molecule has 1 heterocycles. The van der Waals surface area contributed by atoms with Crippen LogP contribution in [0, 0.1) is 0 Å². The molecular weight excluding hydrogens is 158 g/mol. The van der Waals surface area contributed by atoms with Crippen LogP contribution in [-0.2, 0) is 6.54 Å². The summed E-state index contributed by atoms with van der Waals surface area (Å²) in [6.07, 6.45) is 1.72. The summed E-state index contributed by atoms with van der Waals surface area (Å²) in [5, 5.41) is 0. The lowest BCUT2D eigenvalue weighted by Gasteiger charge is -2.12. The van der Waals surface area contributed by atoms with Gasteiger partial charge in [-0.15, -0.1) is 0 Å². The summed E-state index contributed by atoms with van der Waals surface area (Å²) in [5.41, 5.74) is 6.49. The predicted molar refractivity (Wildman–Crippen MR) is 49.5 cm³/mol. The molecule has 0 aliphatic heterocycles. The summed E-state index contributed by atoms with van der Waals surface area (Å²) in [6, 6.07) is 3.80. The molecule has 0 atom stereocenters. The van der Waals surface area contributed by atoms with Crippen molar-refractivity contribution in [1.82, 2.24) is 4.98 Å². The quantitative estimate of drug-likeness (QED) is 0.644. The van der Waals surface area contributed by atoms with Crippen LogP contribution in [0.3, 0.4) is 0 Å². The molecule has 4 heteroatoms. The van der Waals surface area contributed by atoms with E-state index in [0.29, 0.717) is 6.54 Å². The highest BCUT2D eigenvalue weighted by Gasteiger charge is 2.02. The average molecular weight is 169 g/mol. The monoisotopic (exact) mass is 169 g/mol. The first-order valence-corrected chi connectivity index (χ1v) is 3.72. The highest BCUT2D eigenvalue weighted by molar-refractivity contribution is 7.81. The van der Waals surface area contributed by atoms with Crippen molar-refractivity contribution in [1.29, 1.82) is 0 Å². The third kappa shape index (κ3) is 1.85. The predicted octanol–water partition coefficient (Wildman–Crippen LogP) is 0.821. The van der Waals surface area contributed by atoms with Gasteiger partial charge in [-0.25, -0.2) is 4.98 Å². The summed E-state index contributed by atoms with van der Waals surface area (Å²) in [6.45, 7) is 0.494. The van der Waals surface area contributed by atoms with E-state index < -0.39 is 0 Å². The molecule has 0 radical (unpaired) electrons. The molecule has 0 aliphatic rings. The molecule has 0 saturated carbocycles. The minimum absolute atomic E-state index is 0.494. The third-order valence-electron chi connectivity index (χ3n) is 1.39. The van der Waals surface area contributed by atoms with E-state index in [-0.39, 0.29) is 0 Å². The Balaban J connectivity index is 3.02. The molecule has 1 rings (SSSR count). The van der Waals surface area contributed by atoms with Crippen molar-refractivity contribution < 1.29 is 0 Å². The van der Waals surface area contributed by atoms with Crippen LogP contribution in [0.25, 0.3) is 0 Å². The number of aromatic nitrogens is 1. The van der Waals surface area contributed by atoms with Crippen molar-refractivity contribution >= 4 is 18.6 Å². The van der Waals surface area contributed by atoms with Crippen molar-refractivity contribution in [3.8, 4) is 0 Å². The number of hydrogen-bond donors (Lipinski definition) is 2. The van der Waals surface area contributed by atoms with Gasteiger partial charge in [0.05, 0.1) is 0 Å². The van der Waals surface area contributed by atoms with Crippen LogP contribution < -0.4 is 10.0 Å². The molecule has 1 aromatic rings. The summed E-state index contributed by atoms with van der Waals surface area (Å²) < 4.78 is 1.65. The first-order valence-electron chi connectivity index (χ1n) is 3.32. The van der Waals surface area contributed by atoms with Gasteiger partial charge in [-0.05, 0) is 6.07 Å². The lowest BCUT2D eigenvalue weighted by atomic mass is 10.2. The number of anilines is 1. The highest BCUT2D eigenvalue weighted by Crippen LogP contribution is 2.15. The molecule has 60 valence electrons. The smallest absolute Gasteiger partial charge is 0.142 e. The van der Waals surface area contributed by atoms with Crippen LogP contribution in [0.1, 0.15) is 5.56 Å². The van der Waals surface area contributed by atoms with E-state index in [9.17, 15) is 0 Å². The maximum Gasteiger partial charge on any atom is 0.142 e. The molecule has 0 aliphatic carbocycles. The van der Waals surface area contributed by atoms with E-state index in [2.05, 4.69) is 17.8 Å². The van der Waals surface area contributed by atoms with Crippen molar-refractivity contribution in [2.45, 2.75) is 6.54 Å². The Morgan fingerprint density at radius 3 is 2.91 bits per heavy atom. The van der Waals surface area contributed by atoms with E-state index >= 15 is 0 Å². The lowest BCUT2D eigenvalue weighted by Crippen LogP contribution is -2.09. The zero-order valence-corrected chi connectivity index (χ0v) is 7.25. The molecule has 0 bridgehead atoms. The van der Waals surface area contributed by atoms with Gasteiger partial charge in [-0.1, -0.05) is 18.9 Å². The van der Waals surface area contributed by atoms with Crippen molar-refractivity contribution in [2.75, 3.05) is 11.4 Å². The zero-order chi connectivity index (χ0) is 8.27. The number of nitrogens with two attached hydrogens (primary N) is 1. The second-order valence-corrected chi connectivity index (χ2v) is 2.81. The summed E-state index contributed by atoms with van der Waals surface area (Å²) in [4.78, 5) is 4.12. The molecule has 0 saturated heterocycles. The Labute approximate surface area is 71.8 Å². The van der Waals surface area contributed by atoms with Gasteiger partial charge in [0.25, 0.3) is 0 Å². The SMILES string of the molecule is CN(S)c1ncccc1CN. The number of pyridine rings is 1.